The molecule has 0 bridgehead atoms. The van der Waals surface area contributed by atoms with Crippen molar-refractivity contribution in [3.05, 3.63) is 48.6 Å². The molecule has 26 heavy (non-hydrogen) atoms. The molecule has 7 nitrogen and oxygen atoms in total. The van der Waals surface area contributed by atoms with Crippen LogP contribution in [0.4, 0.5) is 4.79 Å². The highest BCUT2D eigenvalue weighted by atomic mass is 16.6. The number of alkyl carbamates (subject to hydrolysis) is 1. The summed E-state index contributed by atoms with van der Waals surface area (Å²) in [6.07, 6.45) is 1.08. The van der Waals surface area contributed by atoms with Gasteiger partial charge in [0, 0.05) is 11.6 Å². The van der Waals surface area contributed by atoms with E-state index in [1.54, 1.807) is 24.3 Å². The number of hydrogen-bond acceptors (Lipinski definition) is 5. The summed E-state index contributed by atoms with van der Waals surface area (Å²) in [5.74, 6) is -0.446. The van der Waals surface area contributed by atoms with Crippen LogP contribution in [-0.4, -0.2) is 43.8 Å². The maximum atomic E-state index is 12.3. The van der Waals surface area contributed by atoms with Gasteiger partial charge in [0.05, 0.1) is 12.6 Å². The van der Waals surface area contributed by atoms with Crippen LogP contribution >= 0.6 is 0 Å². The Kier molecular flexibility index (Phi) is 9.53. The third-order valence-electron chi connectivity index (χ3n) is 3.33. The first-order valence-electron chi connectivity index (χ1n) is 8.48. The van der Waals surface area contributed by atoms with Crippen molar-refractivity contribution >= 4 is 18.0 Å². The van der Waals surface area contributed by atoms with Gasteiger partial charge in [0.25, 0.3) is 5.91 Å². The largest absolute Gasteiger partial charge is 0.461 e. The van der Waals surface area contributed by atoms with E-state index in [1.807, 2.05) is 19.9 Å². The molecule has 1 aromatic carbocycles. The Bertz CT molecular complexity index is 601. The SMILES string of the molecule is C=CC(=O)OCCNC(=O)OCC(CC(C)C)NC(=O)c1ccccc1. The van der Waals surface area contributed by atoms with Gasteiger partial charge < -0.3 is 20.1 Å². The van der Waals surface area contributed by atoms with Crippen molar-refractivity contribution in [2.75, 3.05) is 19.8 Å². The monoisotopic (exact) mass is 362 g/mol. The minimum absolute atomic E-state index is 0.0279. The summed E-state index contributed by atoms with van der Waals surface area (Å²) in [5, 5.41) is 5.36. The second-order valence-electron chi connectivity index (χ2n) is 6.06. The first-order chi connectivity index (χ1) is 12.4. The first kappa shape index (κ1) is 21.2. The molecule has 142 valence electrons. The number of hydrogen-bond donors (Lipinski definition) is 2. The second kappa shape index (κ2) is 11.7. The van der Waals surface area contributed by atoms with Crippen molar-refractivity contribution in [2.24, 2.45) is 5.92 Å². The van der Waals surface area contributed by atoms with Crippen molar-refractivity contribution < 1.29 is 23.9 Å². The average Bonchev–Trinajstić information content (AvgIpc) is 2.63. The van der Waals surface area contributed by atoms with Gasteiger partial charge in [-0.1, -0.05) is 38.6 Å². The Hall–Kier alpha value is -2.83. The minimum atomic E-state index is -0.637. The summed E-state index contributed by atoms with van der Waals surface area (Å²) in [6, 6.07) is 8.56. The number of esters is 1. The molecule has 0 saturated carbocycles. The molecular weight excluding hydrogens is 336 g/mol. The highest BCUT2D eigenvalue weighted by molar-refractivity contribution is 5.94. The Morgan fingerprint density at radius 3 is 2.46 bits per heavy atom. The number of nitrogens with one attached hydrogen (secondary N) is 2. The number of carbonyl (C=O) groups is 3. The van der Waals surface area contributed by atoms with E-state index < -0.39 is 12.1 Å². The van der Waals surface area contributed by atoms with E-state index in [0.29, 0.717) is 17.9 Å². The lowest BCUT2D eigenvalue weighted by Crippen LogP contribution is -2.41. The summed E-state index contributed by atoms with van der Waals surface area (Å²) in [5.41, 5.74) is 0.551. The molecule has 0 aliphatic heterocycles. The second-order valence-corrected chi connectivity index (χ2v) is 6.06. The summed E-state index contributed by atoms with van der Waals surface area (Å²) < 4.78 is 9.89. The van der Waals surface area contributed by atoms with Crippen molar-refractivity contribution in [2.45, 2.75) is 26.3 Å². The maximum absolute atomic E-state index is 12.3. The quantitative estimate of drug-likeness (QED) is 0.378. The number of benzene rings is 1. The molecule has 0 fully saturated rings. The third kappa shape index (κ3) is 8.86. The third-order valence-corrected chi connectivity index (χ3v) is 3.33. The number of carbonyl (C=O) groups excluding carboxylic acids is 3. The summed E-state index contributed by atoms with van der Waals surface area (Å²) >= 11 is 0. The Balaban J connectivity index is 2.41. The molecule has 0 aliphatic rings. The van der Waals surface area contributed by atoms with E-state index in [-0.39, 0.29) is 31.7 Å². The number of ether oxygens (including phenoxy) is 2. The lowest BCUT2D eigenvalue weighted by Gasteiger charge is -2.20. The molecule has 0 saturated heterocycles. The molecule has 1 aromatic rings. The highest BCUT2D eigenvalue weighted by Crippen LogP contribution is 2.07. The van der Waals surface area contributed by atoms with Gasteiger partial charge in [0.2, 0.25) is 0 Å². The molecule has 1 rings (SSSR count). The molecule has 0 spiro atoms. The Labute approximate surface area is 153 Å². The zero-order valence-electron chi connectivity index (χ0n) is 15.2. The minimum Gasteiger partial charge on any atom is -0.461 e. The zero-order chi connectivity index (χ0) is 19.4. The first-order valence-corrected chi connectivity index (χ1v) is 8.48. The predicted molar refractivity (Wildman–Crippen MR) is 97.7 cm³/mol. The van der Waals surface area contributed by atoms with E-state index in [1.165, 1.54) is 0 Å². The fourth-order valence-corrected chi connectivity index (χ4v) is 2.19. The van der Waals surface area contributed by atoms with E-state index in [9.17, 15) is 14.4 Å². The van der Waals surface area contributed by atoms with Crippen LogP contribution in [0.1, 0.15) is 30.6 Å². The topological polar surface area (TPSA) is 93.7 Å². The summed E-state index contributed by atoms with van der Waals surface area (Å²) in [6.45, 7) is 7.53. The summed E-state index contributed by atoms with van der Waals surface area (Å²) in [4.78, 5) is 34.8. The van der Waals surface area contributed by atoms with Crippen molar-refractivity contribution in [1.29, 1.82) is 0 Å². The van der Waals surface area contributed by atoms with Gasteiger partial charge in [-0.3, -0.25) is 4.79 Å². The van der Waals surface area contributed by atoms with E-state index in [4.69, 9.17) is 9.47 Å². The van der Waals surface area contributed by atoms with Crippen molar-refractivity contribution in [3.8, 4) is 0 Å². The van der Waals surface area contributed by atoms with Gasteiger partial charge in [-0.25, -0.2) is 9.59 Å². The normalized spacial score (nSPS) is 11.3. The number of rotatable bonds is 10. The van der Waals surface area contributed by atoms with Gasteiger partial charge in [-0.15, -0.1) is 0 Å². The Morgan fingerprint density at radius 2 is 1.85 bits per heavy atom. The summed E-state index contributed by atoms with van der Waals surface area (Å²) in [7, 11) is 0. The molecular formula is C19H26N2O5. The lowest BCUT2D eigenvalue weighted by molar-refractivity contribution is -0.137. The van der Waals surface area contributed by atoms with Crippen molar-refractivity contribution in [3.63, 3.8) is 0 Å². The predicted octanol–water partition coefficient (Wildman–Crippen LogP) is 2.29. The Morgan fingerprint density at radius 1 is 1.15 bits per heavy atom. The molecule has 7 heteroatoms. The van der Waals surface area contributed by atoms with Crippen LogP contribution in [-0.2, 0) is 14.3 Å². The van der Waals surface area contributed by atoms with Crippen LogP contribution in [0, 0.1) is 5.92 Å². The van der Waals surface area contributed by atoms with Gasteiger partial charge in [0.15, 0.2) is 0 Å². The zero-order valence-corrected chi connectivity index (χ0v) is 15.2. The molecule has 0 aliphatic carbocycles. The molecule has 1 atom stereocenters. The van der Waals surface area contributed by atoms with E-state index in [0.717, 1.165) is 6.08 Å². The van der Waals surface area contributed by atoms with Gasteiger partial charge in [0.1, 0.15) is 13.2 Å². The van der Waals surface area contributed by atoms with Crippen LogP contribution in [0.25, 0.3) is 0 Å². The fourth-order valence-electron chi connectivity index (χ4n) is 2.19. The molecule has 0 heterocycles. The van der Waals surface area contributed by atoms with E-state index in [2.05, 4.69) is 17.2 Å². The van der Waals surface area contributed by atoms with Crippen LogP contribution in [0.3, 0.4) is 0 Å². The molecule has 0 aromatic heterocycles. The molecule has 1 unspecified atom stereocenters. The van der Waals surface area contributed by atoms with Gasteiger partial charge >= 0.3 is 12.1 Å². The maximum Gasteiger partial charge on any atom is 0.407 e. The highest BCUT2D eigenvalue weighted by Gasteiger charge is 2.17. The smallest absolute Gasteiger partial charge is 0.407 e. The molecule has 2 N–H and O–H groups in total. The molecule has 2 amide bonds. The fraction of sp³-hybridized carbons (Fsp3) is 0.421. The van der Waals surface area contributed by atoms with Gasteiger partial charge in [-0.05, 0) is 24.5 Å². The lowest BCUT2D eigenvalue weighted by atomic mass is 10.0. The molecule has 0 radical (unpaired) electrons. The standard InChI is InChI=1S/C19H26N2O5/c1-4-17(22)25-11-10-20-19(24)26-13-16(12-14(2)3)21-18(23)15-8-6-5-7-9-15/h4-9,14,16H,1,10-13H2,2-3H3,(H,20,24)(H,21,23). The van der Waals surface area contributed by atoms with E-state index >= 15 is 0 Å². The average molecular weight is 362 g/mol. The van der Waals surface area contributed by atoms with Crippen LogP contribution in [0.2, 0.25) is 0 Å². The van der Waals surface area contributed by atoms with Crippen LogP contribution < -0.4 is 10.6 Å². The van der Waals surface area contributed by atoms with Gasteiger partial charge in [-0.2, -0.15) is 0 Å². The van der Waals surface area contributed by atoms with Crippen molar-refractivity contribution in [1.82, 2.24) is 10.6 Å². The van der Waals surface area contributed by atoms with Crippen LogP contribution in [0.5, 0.6) is 0 Å². The number of amides is 2. The van der Waals surface area contributed by atoms with Crippen LogP contribution in [0.15, 0.2) is 43.0 Å².